The van der Waals surface area contributed by atoms with E-state index in [-0.39, 0.29) is 23.6 Å². The molecule has 0 aliphatic carbocycles. The van der Waals surface area contributed by atoms with Gasteiger partial charge in [0.2, 0.25) is 0 Å². The summed E-state index contributed by atoms with van der Waals surface area (Å²) in [5.41, 5.74) is 0.294. The van der Waals surface area contributed by atoms with E-state index in [1.54, 1.807) is 13.8 Å². The summed E-state index contributed by atoms with van der Waals surface area (Å²) in [7, 11) is 0. The van der Waals surface area contributed by atoms with Crippen LogP contribution in [0.1, 0.15) is 25.1 Å². The van der Waals surface area contributed by atoms with E-state index in [0.29, 0.717) is 17.1 Å². The normalized spacial score (nSPS) is 15.9. The van der Waals surface area contributed by atoms with Crippen molar-refractivity contribution < 1.29 is 27.8 Å². The van der Waals surface area contributed by atoms with Gasteiger partial charge in [0.05, 0.1) is 29.8 Å². The first kappa shape index (κ1) is 19.3. The van der Waals surface area contributed by atoms with Crippen LogP contribution in [0.4, 0.5) is 13.2 Å². The Labute approximate surface area is 157 Å². The van der Waals surface area contributed by atoms with Crippen molar-refractivity contribution in [3.8, 4) is 5.69 Å². The molecule has 1 aliphatic rings. The van der Waals surface area contributed by atoms with Gasteiger partial charge in [-0.3, -0.25) is 0 Å². The molecule has 0 saturated heterocycles. The maximum Gasteiger partial charge on any atom is 0.416 e. The second kappa shape index (κ2) is 7.29. The smallest absolute Gasteiger partial charge is 0.416 e. The highest BCUT2D eigenvalue weighted by Gasteiger charge is 2.30. The Morgan fingerprint density at radius 3 is 2.57 bits per heavy atom. The van der Waals surface area contributed by atoms with Crippen molar-refractivity contribution in [3.05, 3.63) is 58.7 Å². The number of hydrogen-bond acceptors (Lipinski definition) is 6. The van der Waals surface area contributed by atoms with Gasteiger partial charge >= 0.3 is 12.1 Å². The molecular formula is C18H15F3N4O3. The van der Waals surface area contributed by atoms with Crippen molar-refractivity contribution in [2.75, 3.05) is 6.61 Å². The van der Waals surface area contributed by atoms with Gasteiger partial charge in [0.1, 0.15) is 17.0 Å². The van der Waals surface area contributed by atoms with E-state index in [4.69, 9.17) is 4.74 Å². The molecule has 1 aromatic heterocycles. The monoisotopic (exact) mass is 392 g/mol. The number of aromatic nitrogens is 3. The molecule has 2 heterocycles. The number of esters is 1. The quantitative estimate of drug-likeness (QED) is 0.805. The molecule has 0 radical (unpaired) electrons. The number of alkyl halides is 3. The Bertz CT molecular complexity index is 1000. The number of aliphatic hydroxyl groups is 1. The van der Waals surface area contributed by atoms with Crippen LogP contribution in [0.2, 0.25) is 0 Å². The summed E-state index contributed by atoms with van der Waals surface area (Å²) in [6.45, 7) is 3.36. The fourth-order valence-electron chi connectivity index (χ4n) is 2.55. The van der Waals surface area contributed by atoms with E-state index in [1.807, 2.05) is 0 Å². The van der Waals surface area contributed by atoms with Gasteiger partial charge in [0.25, 0.3) is 0 Å². The first-order chi connectivity index (χ1) is 13.2. The van der Waals surface area contributed by atoms with Crippen molar-refractivity contribution in [1.29, 1.82) is 0 Å². The van der Waals surface area contributed by atoms with Gasteiger partial charge in [-0.1, -0.05) is 5.21 Å². The zero-order valence-corrected chi connectivity index (χ0v) is 14.9. The third-order valence-electron chi connectivity index (χ3n) is 3.86. The van der Waals surface area contributed by atoms with Gasteiger partial charge in [0.15, 0.2) is 5.76 Å². The van der Waals surface area contributed by atoms with Crippen molar-refractivity contribution in [2.24, 2.45) is 4.99 Å². The molecule has 0 saturated carbocycles. The molecule has 1 aliphatic heterocycles. The predicted octanol–water partition coefficient (Wildman–Crippen LogP) is 3.48. The minimum atomic E-state index is -4.42. The van der Waals surface area contributed by atoms with Crippen LogP contribution in [0, 0.1) is 0 Å². The molecule has 7 nitrogen and oxygen atoms in total. The van der Waals surface area contributed by atoms with E-state index in [1.165, 1.54) is 29.1 Å². The zero-order valence-electron chi connectivity index (χ0n) is 14.9. The summed E-state index contributed by atoms with van der Waals surface area (Å²) in [6.07, 6.45) is -1.57. The number of halogens is 3. The molecule has 3 rings (SSSR count). The first-order valence-corrected chi connectivity index (χ1v) is 8.18. The number of carbonyl (C=O) groups excluding carboxylic acids is 1. The SMILES string of the molecule is CCOC(=O)C1=C(O)/C(=C\c2cn(-c3ccc(C(F)(F)F)cc3)nn2)N=C1C. The van der Waals surface area contributed by atoms with Crippen LogP contribution >= 0.6 is 0 Å². The van der Waals surface area contributed by atoms with E-state index < -0.39 is 17.7 Å². The van der Waals surface area contributed by atoms with Crippen LogP contribution < -0.4 is 0 Å². The lowest BCUT2D eigenvalue weighted by Crippen LogP contribution is -2.13. The average Bonchev–Trinajstić information content (AvgIpc) is 3.19. The van der Waals surface area contributed by atoms with Crippen LogP contribution in [0.25, 0.3) is 11.8 Å². The van der Waals surface area contributed by atoms with Gasteiger partial charge in [0, 0.05) is 0 Å². The minimum Gasteiger partial charge on any atom is -0.505 e. The number of nitrogens with zero attached hydrogens (tertiary/aromatic N) is 4. The molecular weight excluding hydrogens is 377 g/mol. The fraction of sp³-hybridized carbons (Fsp3) is 0.222. The number of ether oxygens (including phenoxy) is 1. The summed E-state index contributed by atoms with van der Waals surface area (Å²) in [5, 5.41) is 18.0. The van der Waals surface area contributed by atoms with E-state index in [2.05, 4.69) is 15.3 Å². The van der Waals surface area contributed by atoms with Gasteiger partial charge < -0.3 is 9.84 Å². The van der Waals surface area contributed by atoms with Gasteiger partial charge in [-0.25, -0.2) is 14.5 Å². The van der Waals surface area contributed by atoms with E-state index in [9.17, 15) is 23.1 Å². The second-order valence-electron chi connectivity index (χ2n) is 5.80. The topological polar surface area (TPSA) is 89.6 Å². The highest BCUT2D eigenvalue weighted by Crippen LogP contribution is 2.30. The van der Waals surface area contributed by atoms with Gasteiger partial charge in [-0.15, -0.1) is 5.10 Å². The molecule has 0 spiro atoms. The Morgan fingerprint density at radius 1 is 1.29 bits per heavy atom. The Morgan fingerprint density at radius 2 is 1.96 bits per heavy atom. The Hall–Kier alpha value is -3.43. The van der Waals surface area contributed by atoms with Gasteiger partial charge in [-0.2, -0.15) is 13.2 Å². The van der Waals surface area contributed by atoms with E-state index >= 15 is 0 Å². The van der Waals surface area contributed by atoms with Crippen LogP contribution in [0.3, 0.4) is 0 Å². The van der Waals surface area contributed by atoms with Crippen LogP contribution in [-0.2, 0) is 15.7 Å². The zero-order chi connectivity index (χ0) is 20.5. The maximum atomic E-state index is 12.6. The summed E-state index contributed by atoms with van der Waals surface area (Å²) in [4.78, 5) is 16.0. The third-order valence-corrected chi connectivity index (χ3v) is 3.86. The van der Waals surface area contributed by atoms with Crippen molar-refractivity contribution in [3.63, 3.8) is 0 Å². The molecule has 28 heavy (non-hydrogen) atoms. The Balaban J connectivity index is 1.86. The number of aliphatic imine (C=N–C) groups is 1. The lowest BCUT2D eigenvalue weighted by atomic mass is 10.1. The molecule has 146 valence electrons. The van der Waals surface area contributed by atoms with E-state index in [0.717, 1.165) is 12.1 Å². The molecule has 0 atom stereocenters. The summed E-state index contributed by atoms with van der Waals surface area (Å²) in [5.74, 6) is -1.02. The highest BCUT2D eigenvalue weighted by atomic mass is 19.4. The highest BCUT2D eigenvalue weighted by molar-refractivity contribution is 6.22. The van der Waals surface area contributed by atoms with Gasteiger partial charge in [-0.05, 0) is 44.2 Å². The summed E-state index contributed by atoms with van der Waals surface area (Å²) in [6, 6.07) is 4.42. The average molecular weight is 392 g/mol. The number of hydrogen-bond donors (Lipinski definition) is 1. The number of rotatable bonds is 4. The number of aliphatic hydroxyl groups excluding tert-OH is 1. The predicted molar refractivity (Wildman–Crippen MR) is 93.7 cm³/mol. The Kier molecular flexibility index (Phi) is 5.04. The standard InChI is InChI=1S/C18H15F3N4O3/c1-3-28-17(27)15-10(2)22-14(16(15)26)8-12-9-25(24-23-12)13-6-4-11(5-7-13)18(19,20)21/h4-9,26H,3H2,1-2H3/b14-8+. The summed E-state index contributed by atoms with van der Waals surface area (Å²) >= 11 is 0. The largest absolute Gasteiger partial charge is 0.505 e. The number of carbonyl (C=O) groups is 1. The maximum absolute atomic E-state index is 12.6. The van der Waals surface area contributed by atoms with Crippen molar-refractivity contribution in [1.82, 2.24) is 15.0 Å². The molecule has 0 fully saturated rings. The van der Waals surface area contributed by atoms with Crippen molar-refractivity contribution in [2.45, 2.75) is 20.0 Å². The lowest BCUT2D eigenvalue weighted by molar-refractivity contribution is -0.138. The summed E-state index contributed by atoms with van der Waals surface area (Å²) < 4.78 is 44.1. The molecule has 10 heteroatoms. The molecule has 2 aromatic rings. The van der Waals surface area contributed by atoms with Crippen molar-refractivity contribution >= 4 is 17.8 Å². The minimum absolute atomic E-state index is 0.0248. The fourth-order valence-corrected chi connectivity index (χ4v) is 2.55. The third kappa shape index (κ3) is 3.80. The molecule has 0 bridgehead atoms. The molecule has 1 N–H and O–H groups in total. The first-order valence-electron chi connectivity index (χ1n) is 8.18. The second-order valence-corrected chi connectivity index (χ2v) is 5.80. The lowest BCUT2D eigenvalue weighted by Gasteiger charge is -2.07. The van der Waals surface area contributed by atoms with Crippen LogP contribution in [-0.4, -0.2) is 38.4 Å². The van der Waals surface area contributed by atoms with Crippen LogP contribution in [0.5, 0.6) is 0 Å². The molecule has 0 unspecified atom stereocenters. The molecule has 1 aromatic carbocycles. The molecule has 0 amide bonds. The van der Waals surface area contributed by atoms with Crippen LogP contribution in [0.15, 0.2) is 52.5 Å². The number of benzene rings is 1.